The zero-order chi connectivity index (χ0) is 6.69. The Hall–Kier alpha value is -0.890. The number of nitrogens with zero attached hydrogens (tertiary/aromatic N) is 2. The van der Waals surface area contributed by atoms with Gasteiger partial charge in [-0.15, -0.1) is 0 Å². The summed E-state index contributed by atoms with van der Waals surface area (Å²) >= 11 is 5.58. The number of hydrogen-bond donors (Lipinski definition) is 0. The van der Waals surface area contributed by atoms with E-state index in [2.05, 4.69) is 16.5 Å². The molecule has 0 saturated heterocycles. The Bertz CT molecular complexity index is 222. The average molecular weight is 141 g/mol. The van der Waals surface area contributed by atoms with Crippen LogP contribution in [0.15, 0.2) is 19.0 Å². The molecule has 0 aliphatic heterocycles. The largest absolute Gasteiger partial charge is 0.252 e. The van der Waals surface area contributed by atoms with Crippen LogP contribution in [0.25, 0.3) is 6.08 Å². The molecule has 0 aromatic carbocycles. The van der Waals surface area contributed by atoms with Gasteiger partial charge in [-0.1, -0.05) is 18.2 Å². The molecule has 0 aliphatic rings. The van der Waals surface area contributed by atoms with Gasteiger partial charge in [0.1, 0.15) is 0 Å². The number of rotatable bonds is 1. The minimum Gasteiger partial charge on any atom is -0.252 e. The Kier molecular flexibility index (Phi) is 1.80. The lowest BCUT2D eigenvalue weighted by atomic mass is 10.4. The van der Waals surface area contributed by atoms with Crippen molar-refractivity contribution in [3.05, 3.63) is 29.8 Å². The molecule has 0 atom stereocenters. The van der Waals surface area contributed by atoms with Gasteiger partial charge in [-0.3, -0.25) is 4.98 Å². The Balaban J connectivity index is 3.15. The van der Waals surface area contributed by atoms with Gasteiger partial charge < -0.3 is 0 Å². The zero-order valence-corrected chi connectivity index (χ0v) is 5.47. The minimum absolute atomic E-state index is 0.396. The monoisotopic (exact) mass is 140 g/mol. The summed E-state index contributed by atoms with van der Waals surface area (Å²) in [4.78, 5) is 7.67. The molecule has 2 nitrogen and oxygen atoms in total. The van der Waals surface area contributed by atoms with Crippen molar-refractivity contribution in [3.63, 3.8) is 0 Å². The number of aromatic nitrogens is 2. The van der Waals surface area contributed by atoms with Gasteiger partial charge in [-0.05, 0) is 6.08 Å². The fourth-order valence-electron chi connectivity index (χ4n) is 0.469. The summed E-state index contributed by atoms with van der Waals surface area (Å²) in [5.74, 6) is 0. The highest BCUT2D eigenvalue weighted by atomic mass is 35.5. The summed E-state index contributed by atoms with van der Waals surface area (Å²) in [6.07, 6.45) is 4.67. The molecule has 1 rings (SSSR count). The van der Waals surface area contributed by atoms with Crippen LogP contribution in [0, 0.1) is 0 Å². The molecule has 1 aromatic rings. The van der Waals surface area contributed by atoms with E-state index in [-0.39, 0.29) is 0 Å². The van der Waals surface area contributed by atoms with Crippen molar-refractivity contribution in [2.24, 2.45) is 0 Å². The molecule has 1 aromatic heterocycles. The van der Waals surface area contributed by atoms with E-state index in [4.69, 9.17) is 11.6 Å². The van der Waals surface area contributed by atoms with Crippen LogP contribution in [-0.4, -0.2) is 9.97 Å². The van der Waals surface area contributed by atoms with Crippen LogP contribution in [0.3, 0.4) is 0 Å². The molecule has 0 radical (unpaired) electrons. The molecule has 1 heterocycles. The van der Waals surface area contributed by atoms with Crippen LogP contribution in [-0.2, 0) is 0 Å². The fraction of sp³-hybridized carbons (Fsp3) is 0. The van der Waals surface area contributed by atoms with Crippen LogP contribution in [0.4, 0.5) is 0 Å². The molecule has 0 spiro atoms. The Morgan fingerprint density at radius 3 is 2.56 bits per heavy atom. The molecule has 0 bridgehead atoms. The molecule has 0 unspecified atom stereocenters. The third-order valence-electron chi connectivity index (χ3n) is 0.873. The smallest absolute Gasteiger partial charge is 0.154 e. The highest BCUT2D eigenvalue weighted by molar-refractivity contribution is 6.30. The maximum atomic E-state index is 5.58. The molecule has 0 saturated carbocycles. The van der Waals surface area contributed by atoms with Crippen LogP contribution in [0.5, 0.6) is 0 Å². The summed E-state index contributed by atoms with van der Waals surface area (Å²) < 4.78 is 0. The van der Waals surface area contributed by atoms with E-state index in [0.717, 1.165) is 0 Å². The van der Waals surface area contributed by atoms with Crippen LogP contribution in [0.2, 0.25) is 5.15 Å². The summed E-state index contributed by atoms with van der Waals surface area (Å²) in [6.45, 7) is 3.50. The number of hydrogen-bond acceptors (Lipinski definition) is 2. The standard InChI is InChI=1S/C6H5ClN2/c1-2-5-6(7)9-4-3-8-5/h2-4H,1H2. The van der Waals surface area contributed by atoms with E-state index in [1.807, 2.05) is 0 Å². The lowest BCUT2D eigenvalue weighted by Gasteiger charge is -1.90. The van der Waals surface area contributed by atoms with E-state index >= 15 is 0 Å². The molecule has 9 heavy (non-hydrogen) atoms. The topological polar surface area (TPSA) is 25.8 Å². The molecule has 0 amide bonds. The highest BCUT2D eigenvalue weighted by Gasteiger charge is 1.93. The maximum Gasteiger partial charge on any atom is 0.154 e. The van der Waals surface area contributed by atoms with Crippen molar-refractivity contribution in [2.45, 2.75) is 0 Å². The van der Waals surface area contributed by atoms with Gasteiger partial charge in [-0.2, -0.15) is 0 Å². The normalized spacial score (nSPS) is 9.00. The fourth-order valence-corrected chi connectivity index (χ4v) is 0.651. The van der Waals surface area contributed by atoms with Crippen LogP contribution in [0.1, 0.15) is 5.69 Å². The SMILES string of the molecule is C=Cc1nccnc1Cl. The quantitative estimate of drug-likeness (QED) is 0.594. The lowest BCUT2D eigenvalue weighted by molar-refractivity contribution is 1.18. The first-order valence-corrected chi connectivity index (χ1v) is 2.81. The third kappa shape index (κ3) is 1.27. The molecular formula is C6H5ClN2. The van der Waals surface area contributed by atoms with E-state index in [9.17, 15) is 0 Å². The van der Waals surface area contributed by atoms with Crippen LogP contribution >= 0.6 is 11.6 Å². The Labute approximate surface area is 58.2 Å². The molecule has 0 aliphatic carbocycles. The Morgan fingerprint density at radius 2 is 2.11 bits per heavy atom. The molecule has 46 valence electrons. The first kappa shape index (κ1) is 6.23. The van der Waals surface area contributed by atoms with Gasteiger partial charge in [0.15, 0.2) is 5.15 Å². The molecule has 0 fully saturated rings. The van der Waals surface area contributed by atoms with Gasteiger partial charge in [0.05, 0.1) is 5.69 Å². The first-order valence-electron chi connectivity index (χ1n) is 2.43. The molecule has 3 heteroatoms. The van der Waals surface area contributed by atoms with Gasteiger partial charge in [0, 0.05) is 12.4 Å². The second-order valence-corrected chi connectivity index (χ2v) is 1.79. The average Bonchev–Trinajstić information content (AvgIpc) is 1.89. The van der Waals surface area contributed by atoms with E-state index in [1.165, 1.54) is 6.20 Å². The van der Waals surface area contributed by atoms with Crippen molar-refractivity contribution in [3.8, 4) is 0 Å². The van der Waals surface area contributed by atoms with Crippen molar-refractivity contribution >= 4 is 17.7 Å². The van der Waals surface area contributed by atoms with Crippen molar-refractivity contribution in [2.75, 3.05) is 0 Å². The lowest BCUT2D eigenvalue weighted by Crippen LogP contribution is -1.82. The predicted molar refractivity (Wildman–Crippen MR) is 37.1 cm³/mol. The van der Waals surface area contributed by atoms with Gasteiger partial charge in [-0.25, -0.2) is 4.98 Å². The van der Waals surface area contributed by atoms with Crippen molar-refractivity contribution < 1.29 is 0 Å². The Morgan fingerprint density at radius 1 is 1.44 bits per heavy atom. The number of halogens is 1. The maximum absolute atomic E-state index is 5.58. The second kappa shape index (κ2) is 2.60. The third-order valence-corrected chi connectivity index (χ3v) is 1.16. The van der Waals surface area contributed by atoms with Gasteiger partial charge in [0.25, 0.3) is 0 Å². The van der Waals surface area contributed by atoms with E-state index < -0.39 is 0 Å². The first-order chi connectivity index (χ1) is 4.34. The van der Waals surface area contributed by atoms with Gasteiger partial charge in [0.2, 0.25) is 0 Å². The van der Waals surface area contributed by atoms with Crippen molar-refractivity contribution in [1.29, 1.82) is 0 Å². The summed E-state index contributed by atoms with van der Waals surface area (Å²) in [5.41, 5.74) is 0.624. The minimum atomic E-state index is 0.396. The van der Waals surface area contributed by atoms with E-state index in [1.54, 1.807) is 12.3 Å². The van der Waals surface area contributed by atoms with E-state index in [0.29, 0.717) is 10.8 Å². The summed E-state index contributed by atoms with van der Waals surface area (Å²) in [6, 6.07) is 0. The molecule has 0 N–H and O–H groups in total. The molecular weight excluding hydrogens is 136 g/mol. The summed E-state index contributed by atoms with van der Waals surface area (Å²) in [5, 5.41) is 0.396. The second-order valence-electron chi connectivity index (χ2n) is 1.44. The van der Waals surface area contributed by atoms with Gasteiger partial charge >= 0.3 is 0 Å². The predicted octanol–water partition coefficient (Wildman–Crippen LogP) is 1.77. The highest BCUT2D eigenvalue weighted by Crippen LogP contribution is 2.08. The zero-order valence-electron chi connectivity index (χ0n) is 4.71. The van der Waals surface area contributed by atoms with Crippen molar-refractivity contribution in [1.82, 2.24) is 9.97 Å². The summed E-state index contributed by atoms with van der Waals surface area (Å²) in [7, 11) is 0. The van der Waals surface area contributed by atoms with Crippen LogP contribution < -0.4 is 0 Å².